The van der Waals surface area contributed by atoms with Gasteiger partial charge in [0.2, 0.25) is 5.88 Å². The molecule has 18 heavy (non-hydrogen) atoms. The molecule has 0 aliphatic rings. The Balaban J connectivity index is 2.05. The Kier molecular flexibility index (Phi) is 3.89. The van der Waals surface area contributed by atoms with Gasteiger partial charge in [-0.1, -0.05) is 12.1 Å². The van der Waals surface area contributed by atoms with Crippen LogP contribution >= 0.6 is 0 Å². The summed E-state index contributed by atoms with van der Waals surface area (Å²) >= 11 is 0. The van der Waals surface area contributed by atoms with Crippen LogP contribution in [0.5, 0.6) is 5.88 Å². The van der Waals surface area contributed by atoms with Crippen molar-refractivity contribution in [1.82, 2.24) is 9.97 Å². The molecule has 0 aliphatic carbocycles. The van der Waals surface area contributed by atoms with Crippen molar-refractivity contribution in [3.8, 4) is 5.88 Å². The van der Waals surface area contributed by atoms with Gasteiger partial charge >= 0.3 is 0 Å². The molecule has 0 spiro atoms. The third kappa shape index (κ3) is 3.05. The highest BCUT2D eigenvalue weighted by atomic mass is 16.5. The van der Waals surface area contributed by atoms with Crippen LogP contribution in [0.15, 0.2) is 36.7 Å². The zero-order chi connectivity index (χ0) is 13.0. The summed E-state index contributed by atoms with van der Waals surface area (Å²) in [6.45, 7) is 1.96. The molecule has 1 unspecified atom stereocenters. The number of pyridine rings is 2. The van der Waals surface area contributed by atoms with E-state index in [9.17, 15) is 0 Å². The highest BCUT2D eigenvalue weighted by Crippen LogP contribution is 2.16. The number of aromatic nitrogens is 2. The first-order valence-electron chi connectivity index (χ1n) is 5.86. The quantitative estimate of drug-likeness (QED) is 0.892. The molecule has 4 heteroatoms. The number of ether oxygens (including phenoxy) is 1. The Morgan fingerprint density at radius 3 is 2.56 bits per heavy atom. The van der Waals surface area contributed by atoms with Crippen molar-refractivity contribution in [3.05, 3.63) is 53.5 Å². The van der Waals surface area contributed by atoms with Crippen LogP contribution in [-0.4, -0.2) is 17.1 Å². The number of nitrogens with two attached hydrogens (primary N) is 1. The van der Waals surface area contributed by atoms with E-state index in [1.165, 1.54) is 0 Å². The van der Waals surface area contributed by atoms with Crippen molar-refractivity contribution < 1.29 is 4.74 Å². The predicted octanol–water partition coefficient (Wildman–Crippen LogP) is 2.04. The maximum Gasteiger partial charge on any atom is 0.212 e. The van der Waals surface area contributed by atoms with Crippen LogP contribution in [0.3, 0.4) is 0 Å². The third-order valence-corrected chi connectivity index (χ3v) is 2.82. The lowest BCUT2D eigenvalue weighted by Gasteiger charge is -2.12. The second kappa shape index (κ2) is 5.60. The smallest absolute Gasteiger partial charge is 0.212 e. The van der Waals surface area contributed by atoms with Gasteiger partial charge in [-0.25, -0.2) is 4.98 Å². The average molecular weight is 243 g/mol. The lowest BCUT2D eigenvalue weighted by molar-refractivity contribution is 0.397. The van der Waals surface area contributed by atoms with Crippen molar-refractivity contribution in [3.63, 3.8) is 0 Å². The zero-order valence-corrected chi connectivity index (χ0v) is 10.6. The molecular weight excluding hydrogens is 226 g/mol. The number of hydrogen-bond donors (Lipinski definition) is 1. The molecule has 1 atom stereocenters. The second-order valence-electron chi connectivity index (χ2n) is 4.25. The largest absolute Gasteiger partial charge is 0.481 e. The first kappa shape index (κ1) is 12.5. The van der Waals surface area contributed by atoms with Crippen LogP contribution in [0.25, 0.3) is 0 Å². The maximum absolute atomic E-state index is 6.15. The fraction of sp³-hybridized carbons (Fsp3) is 0.286. The second-order valence-corrected chi connectivity index (χ2v) is 4.25. The number of rotatable bonds is 4. The van der Waals surface area contributed by atoms with Gasteiger partial charge in [0.25, 0.3) is 0 Å². The molecule has 2 aromatic heterocycles. The molecule has 2 aromatic rings. The third-order valence-electron chi connectivity index (χ3n) is 2.82. The van der Waals surface area contributed by atoms with Gasteiger partial charge in [0, 0.05) is 30.2 Å². The van der Waals surface area contributed by atoms with E-state index in [0.29, 0.717) is 5.88 Å². The summed E-state index contributed by atoms with van der Waals surface area (Å²) in [4.78, 5) is 8.42. The van der Waals surface area contributed by atoms with E-state index in [4.69, 9.17) is 10.5 Å². The van der Waals surface area contributed by atoms with Crippen LogP contribution in [0, 0.1) is 6.92 Å². The van der Waals surface area contributed by atoms with E-state index in [2.05, 4.69) is 9.97 Å². The Hall–Kier alpha value is -1.94. The average Bonchev–Trinajstić information content (AvgIpc) is 2.40. The van der Waals surface area contributed by atoms with Crippen molar-refractivity contribution >= 4 is 0 Å². The molecule has 94 valence electrons. The Labute approximate surface area is 107 Å². The number of aryl methyl sites for hydroxylation is 1. The highest BCUT2D eigenvalue weighted by Gasteiger charge is 2.07. The number of hydrogen-bond acceptors (Lipinski definition) is 4. The summed E-state index contributed by atoms with van der Waals surface area (Å²) in [5.74, 6) is 0.615. The van der Waals surface area contributed by atoms with E-state index in [0.717, 1.165) is 23.2 Å². The van der Waals surface area contributed by atoms with E-state index in [1.807, 2.05) is 37.4 Å². The SMILES string of the molecule is COc1ccc(CC(N)c2ccc(C)nc2)cn1. The Bertz CT molecular complexity index is 493. The summed E-state index contributed by atoms with van der Waals surface area (Å²) in [5.41, 5.74) is 9.27. The van der Waals surface area contributed by atoms with Crippen molar-refractivity contribution in [1.29, 1.82) is 0 Å². The van der Waals surface area contributed by atoms with Gasteiger partial charge in [-0.3, -0.25) is 4.98 Å². The Morgan fingerprint density at radius 2 is 2.00 bits per heavy atom. The van der Waals surface area contributed by atoms with Crippen LogP contribution < -0.4 is 10.5 Å². The first-order valence-corrected chi connectivity index (χ1v) is 5.86. The van der Waals surface area contributed by atoms with Crippen molar-refractivity contribution in [2.24, 2.45) is 5.73 Å². The van der Waals surface area contributed by atoms with E-state index in [-0.39, 0.29) is 6.04 Å². The van der Waals surface area contributed by atoms with Gasteiger partial charge < -0.3 is 10.5 Å². The van der Waals surface area contributed by atoms with Crippen LogP contribution in [0.1, 0.15) is 22.9 Å². The van der Waals surface area contributed by atoms with Crippen LogP contribution in [0.4, 0.5) is 0 Å². The minimum atomic E-state index is -0.0618. The van der Waals surface area contributed by atoms with Crippen LogP contribution in [0.2, 0.25) is 0 Å². The molecule has 0 amide bonds. The van der Waals surface area contributed by atoms with E-state index < -0.39 is 0 Å². The lowest BCUT2D eigenvalue weighted by atomic mass is 10.0. The van der Waals surface area contributed by atoms with Crippen molar-refractivity contribution in [2.75, 3.05) is 7.11 Å². The summed E-state index contributed by atoms with van der Waals surface area (Å²) in [5, 5.41) is 0. The van der Waals surface area contributed by atoms with Crippen molar-refractivity contribution in [2.45, 2.75) is 19.4 Å². The predicted molar refractivity (Wildman–Crippen MR) is 70.4 cm³/mol. The van der Waals surface area contributed by atoms with Crippen LogP contribution in [-0.2, 0) is 6.42 Å². The summed E-state index contributed by atoms with van der Waals surface area (Å²) in [6.07, 6.45) is 4.36. The normalized spacial score (nSPS) is 12.2. The molecule has 0 saturated carbocycles. The molecule has 0 aliphatic heterocycles. The Morgan fingerprint density at radius 1 is 1.17 bits per heavy atom. The molecule has 2 N–H and O–H groups in total. The molecule has 2 rings (SSSR count). The first-order chi connectivity index (χ1) is 8.69. The lowest BCUT2D eigenvalue weighted by Crippen LogP contribution is -2.13. The molecule has 0 radical (unpaired) electrons. The molecule has 0 saturated heterocycles. The summed E-state index contributed by atoms with van der Waals surface area (Å²) < 4.78 is 5.02. The van der Waals surface area contributed by atoms with Gasteiger partial charge in [-0.15, -0.1) is 0 Å². The summed E-state index contributed by atoms with van der Waals surface area (Å²) in [7, 11) is 1.60. The maximum atomic E-state index is 6.15. The molecule has 2 heterocycles. The number of methoxy groups -OCH3 is 1. The fourth-order valence-electron chi connectivity index (χ4n) is 1.72. The summed E-state index contributed by atoms with van der Waals surface area (Å²) in [6, 6.07) is 7.75. The minimum absolute atomic E-state index is 0.0618. The van der Waals surface area contributed by atoms with Gasteiger partial charge in [0.15, 0.2) is 0 Å². The zero-order valence-electron chi connectivity index (χ0n) is 10.6. The monoisotopic (exact) mass is 243 g/mol. The highest BCUT2D eigenvalue weighted by molar-refractivity contribution is 5.23. The van der Waals surface area contributed by atoms with Gasteiger partial charge in [-0.2, -0.15) is 0 Å². The standard InChI is InChI=1S/C14H17N3O/c1-10-3-5-12(9-16-10)13(15)7-11-4-6-14(18-2)17-8-11/h3-6,8-9,13H,7,15H2,1-2H3. The molecule has 4 nitrogen and oxygen atoms in total. The topological polar surface area (TPSA) is 61.0 Å². The molecular formula is C14H17N3O. The molecule has 0 bridgehead atoms. The van der Waals surface area contributed by atoms with Gasteiger partial charge in [0.05, 0.1) is 7.11 Å². The number of nitrogens with zero attached hydrogens (tertiary/aromatic N) is 2. The molecule has 0 fully saturated rings. The van der Waals surface area contributed by atoms with Gasteiger partial charge in [-0.05, 0) is 30.5 Å². The van der Waals surface area contributed by atoms with E-state index in [1.54, 1.807) is 13.3 Å². The minimum Gasteiger partial charge on any atom is -0.481 e. The fourth-order valence-corrected chi connectivity index (χ4v) is 1.72. The van der Waals surface area contributed by atoms with E-state index >= 15 is 0 Å². The van der Waals surface area contributed by atoms with Gasteiger partial charge in [0.1, 0.15) is 0 Å². The molecule has 0 aromatic carbocycles.